The van der Waals surface area contributed by atoms with Crippen LogP contribution in [-0.2, 0) is 4.79 Å². The van der Waals surface area contributed by atoms with Crippen LogP contribution in [0.4, 0.5) is 0 Å². The van der Waals surface area contributed by atoms with Crippen molar-refractivity contribution in [2.24, 2.45) is 0 Å². The van der Waals surface area contributed by atoms with Crippen LogP contribution in [0.5, 0.6) is 5.75 Å². The molecule has 0 saturated heterocycles. The van der Waals surface area contributed by atoms with Crippen molar-refractivity contribution in [2.45, 2.75) is 20.0 Å². The maximum atomic E-state index is 13.0. The minimum absolute atomic E-state index is 0.111. The second-order valence-electron chi connectivity index (χ2n) is 5.82. The number of hydrogen-bond donors (Lipinski definition) is 1. The quantitative estimate of drug-likeness (QED) is 0.681. The number of aryl methyl sites for hydroxylation is 1. The van der Waals surface area contributed by atoms with E-state index in [0.717, 1.165) is 5.56 Å². The molecule has 26 heavy (non-hydrogen) atoms. The lowest BCUT2D eigenvalue weighted by Crippen LogP contribution is -2.26. The highest BCUT2D eigenvalue weighted by Gasteiger charge is 2.23. The minimum atomic E-state index is -1.24. The van der Waals surface area contributed by atoms with Crippen LogP contribution in [0.2, 0.25) is 10.0 Å². The molecule has 0 unspecified atom stereocenters. The van der Waals surface area contributed by atoms with Crippen molar-refractivity contribution < 1.29 is 19.1 Å². The summed E-state index contributed by atoms with van der Waals surface area (Å²) in [5.41, 5.74) is 1.20. The van der Waals surface area contributed by atoms with Gasteiger partial charge in [0.2, 0.25) is 11.2 Å². The Labute approximate surface area is 158 Å². The van der Waals surface area contributed by atoms with E-state index in [-0.39, 0.29) is 32.5 Å². The van der Waals surface area contributed by atoms with Crippen molar-refractivity contribution in [2.75, 3.05) is 0 Å². The predicted molar refractivity (Wildman–Crippen MR) is 100 cm³/mol. The first-order chi connectivity index (χ1) is 12.3. The zero-order chi connectivity index (χ0) is 19.0. The van der Waals surface area contributed by atoms with Crippen molar-refractivity contribution >= 4 is 40.1 Å². The SMILES string of the molecule is Cc1ccc(-c2oc3c(Cl)cc(Cl)cc3c(=O)c2O[C@@H](C)C(=O)O)cc1. The number of carbonyl (C=O) groups is 1. The van der Waals surface area contributed by atoms with Gasteiger partial charge in [0.25, 0.3) is 0 Å². The fraction of sp³-hybridized carbons (Fsp3) is 0.158. The maximum absolute atomic E-state index is 13.0. The molecule has 0 saturated carbocycles. The van der Waals surface area contributed by atoms with E-state index in [1.165, 1.54) is 19.1 Å². The first kappa shape index (κ1) is 18.3. The van der Waals surface area contributed by atoms with Crippen LogP contribution in [0.25, 0.3) is 22.3 Å². The molecule has 1 aromatic heterocycles. The summed E-state index contributed by atoms with van der Waals surface area (Å²) in [5.74, 6) is -1.29. The van der Waals surface area contributed by atoms with Gasteiger partial charge in [0.15, 0.2) is 17.4 Å². The summed E-state index contributed by atoms with van der Waals surface area (Å²) in [6.07, 6.45) is -1.24. The van der Waals surface area contributed by atoms with Crippen LogP contribution in [0.15, 0.2) is 45.6 Å². The highest BCUT2D eigenvalue weighted by atomic mass is 35.5. The Morgan fingerprint density at radius 3 is 2.46 bits per heavy atom. The molecular weight excluding hydrogens is 379 g/mol. The van der Waals surface area contributed by atoms with Gasteiger partial charge in [-0.05, 0) is 26.0 Å². The molecule has 3 aromatic rings. The number of halogens is 2. The van der Waals surface area contributed by atoms with Gasteiger partial charge in [-0.3, -0.25) is 4.79 Å². The number of benzene rings is 2. The van der Waals surface area contributed by atoms with Crippen molar-refractivity contribution in [3.63, 3.8) is 0 Å². The van der Waals surface area contributed by atoms with E-state index >= 15 is 0 Å². The summed E-state index contributed by atoms with van der Waals surface area (Å²) >= 11 is 12.2. The molecule has 0 aliphatic rings. The van der Waals surface area contributed by atoms with Crippen molar-refractivity contribution in [1.82, 2.24) is 0 Å². The number of ether oxygens (including phenoxy) is 1. The molecule has 0 aliphatic carbocycles. The van der Waals surface area contributed by atoms with Crippen LogP contribution in [0, 0.1) is 6.92 Å². The van der Waals surface area contributed by atoms with E-state index in [4.69, 9.17) is 37.5 Å². The van der Waals surface area contributed by atoms with Crippen LogP contribution < -0.4 is 10.2 Å². The first-order valence-corrected chi connectivity index (χ1v) is 8.46. The van der Waals surface area contributed by atoms with Gasteiger partial charge in [-0.1, -0.05) is 53.0 Å². The highest BCUT2D eigenvalue weighted by molar-refractivity contribution is 6.38. The monoisotopic (exact) mass is 392 g/mol. The van der Waals surface area contributed by atoms with E-state index in [1.54, 1.807) is 12.1 Å². The lowest BCUT2D eigenvalue weighted by molar-refractivity contribution is -0.144. The molecule has 0 aliphatic heterocycles. The van der Waals surface area contributed by atoms with E-state index in [1.807, 2.05) is 19.1 Å². The highest BCUT2D eigenvalue weighted by Crippen LogP contribution is 2.35. The molecule has 0 bridgehead atoms. The zero-order valence-electron chi connectivity index (χ0n) is 13.9. The van der Waals surface area contributed by atoms with Crippen LogP contribution in [0.3, 0.4) is 0 Å². The minimum Gasteiger partial charge on any atom is -0.479 e. The zero-order valence-corrected chi connectivity index (χ0v) is 15.4. The summed E-state index contributed by atoms with van der Waals surface area (Å²) in [7, 11) is 0. The Morgan fingerprint density at radius 1 is 1.19 bits per heavy atom. The topological polar surface area (TPSA) is 76.7 Å². The normalized spacial score (nSPS) is 12.2. The van der Waals surface area contributed by atoms with Gasteiger partial charge in [0.05, 0.1) is 10.4 Å². The van der Waals surface area contributed by atoms with E-state index < -0.39 is 17.5 Å². The number of aliphatic carboxylic acids is 1. The molecule has 7 heteroatoms. The third-order valence-electron chi connectivity index (χ3n) is 3.83. The Balaban J connectivity index is 2.34. The number of carboxylic acids is 1. The molecule has 2 aromatic carbocycles. The molecule has 3 rings (SSSR count). The van der Waals surface area contributed by atoms with Crippen molar-refractivity contribution in [1.29, 1.82) is 0 Å². The molecule has 1 N–H and O–H groups in total. The van der Waals surface area contributed by atoms with E-state index in [2.05, 4.69) is 0 Å². The lowest BCUT2D eigenvalue weighted by atomic mass is 10.1. The fourth-order valence-corrected chi connectivity index (χ4v) is 2.97. The second kappa shape index (κ2) is 7.02. The Hall–Kier alpha value is -2.50. The fourth-order valence-electron chi connectivity index (χ4n) is 2.44. The molecule has 5 nitrogen and oxygen atoms in total. The molecule has 0 amide bonds. The van der Waals surface area contributed by atoms with Gasteiger partial charge in [0, 0.05) is 10.6 Å². The summed E-state index contributed by atoms with van der Waals surface area (Å²) in [5, 5.41) is 9.69. The summed E-state index contributed by atoms with van der Waals surface area (Å²) in [6, 6.07) is 10.1. The van der Waals surface area contributed by atoms with Crippen LogP contribution >= 0.6 is 23.2 Å². The van der Waals surface area contributed by atoms with Gasteiger partial charge in [-0.25, -0.2) is 4.79 Å². The predicted octanol–water partition coefficient (Wildman–Crippen LogP) is 4.93. The van der Waals surface area contributed by atoms with Gasteiger partial charge in [-0.2, -0.15) is 0 Å². The summed E-state index contributed by atoms with van der Waals surface area (Å²) in [4.78, 5) is 24.1. The number of hydrogen-bond acceptors (Lipinski definition) is 4. The van der Waals surface area contributed by atoms with Gasteiger partial charge >= 0.3 is 5.97 Å². The Morgan fingerprint density at radius 2 is 1.85 bits per heavy atom. The third kappa shape index (κ3) is 3.41. The third-order valence-corrected chi connectivity index (χ3v) is 4.32. The van der Waals surface area contributed by atoms with Crippen LogP contribution in [-0.4, -0.2) is 17.2 Å². The van der Waals surface area contributed by atoms with Gasteiger partial charge in [0.1, 0.15) is 0 Å². The second-order valence-corrected chi connectivity index (χ2v) is 6.66. The average Bonchev–Trinajstić information content (AvgIpc) is 2.58. The molecule has 1 heterocycles. The van der Waals surface area contributed by atoms with Crippen molar-refractivity contribution in [3.8, 4) is 17.1 Å². The molecule has 134 valence electrons. The molecule has 0 radical (unpaired) electrons. The molecule has 0 spiro atoms. The van der Waals surface area contributed by atoms with Gasteiger partial charge < -0.3 is 14.3 Å². The van der Waals surface area contributed by atoms with Crippen LogP contribution in [0.1, 0.15) is 12.5 Å². The summed E-state index contributed by atoms with van der Waals surface area (Å²) in [6.45, 7) is 3.25. The maximum Gasteiger partial charge on any atom is 0.344 e. The largest absolute Gasteiger partial charge is 0.479 e. The number of fused-ring (bicyclic) bond motifs is 1. The summed E-state index contributed by atoms with van der Waals surface area (Å²) < 4.78 is 11.3. The average molecular weight is 393 g/mol. The number of rotatable bonds is 4. The van der Waals surface area contributed by atoms with Gasteiger partial charge in [-0.15, -0.1) is 0 Å². The Bertz CT molecular complexity index is 1050. The molecular formula is C19H14Cl2O5. The molecule has 1 atom stereocenters. The van der Waals surface area contributed by atoms with E-state index in [9.17, 15) is 9.59 Å². The van der Waals surface area contributed by atoms with E-state index in [0.29, 0.717) is 5.56 Å². The first-order valence-electron chi connectivity index (χ1n) is 7.70. The van der Waals surface area contributed by atoms with Crippen molar-refractivity contribution in [3.05, 3.63) is 62.2 Å². The lowest BCUT2D eigenvalue weighted by Gasteiger charge is -2.15. The smallest absolute Gasteiger partial charge is 0.344 e. The molecule has 0 fully saturated rings. The number of carboxylic acid groups (broad SMARTS) is 1. The Kier molecular flexibility index (Phi) is 4.94. The standard InChI is InChI=1S/C19H14Cl2O5/c1-9-3-5-11(6-4-9)16-18(25-10(2)19(23)24)15(22)13-7-12(20)8-14(21)17(13)26-16/h3-8,10H,1-2H3,(H,23,24)/t10-/m0/s1.